The highest BCUT2D eigenvalue weighted by atomic mass is 15.1. The third kappa shape index (κ3) is 3.75. The molecule has 5 rings (SSSR count). The Morgan fingerprint density at radius 3 is 1.27 bits per heavy atom. The molecule has 1 aliphatic rings. The van der Waals surface area contributed by atoms with Crippen molar-refractivity contribution in [3.05, 3.63) is 71.3 Å². The van der Waals surface area contributed by atoms with Gasteiger partial charge in [0.15, 0.2) is 0 Å². The summed E-state index contributed by atoms with van der Waals surface area (Å²) < 4.78 is 0. The summed E-state index contributed by atoms with van der Waals surface area (Å²) in [4.78, 5) is 24.9. The molecule has 0 radical (unpaired) electrons. The fourth-order valence-corrected chi connectivity index (χ4v) is 4.87. The van der Waals surface area contributed by atoms with Crippen LogP contribution in [0.5, 0.6) is 0 Å². The Morgan fingerprint density at radius 1 is 0.515 bits per heavy atom. The SMILES string of the molecule is Nc1nc(N)nc(CCC2(CCc3nc(N)nc(N)n3)c3ccccc3-c3ccccc32)n1. The van der Waals surface area contributed by atoms with Crippen molar-refractivity contribution in [3.8, 4) is 11.1 Å². The zero-order chi connectivity index (χ0) is 23.0. The minimum atomic E-state index is -0.320. The first-order valence-electron chi connectivity index (χ1n) is 10.7. The van der Waals surface area contributed by atoms with Crippen LogP contribution in [0.25, 0.3) is 11.1 Å². The maximum atomic E-state index is 5.80. The molecule has 166 valence electrons. The Kier molecular flexibility index (Phi) is 4.97. The van der Waals surface area contributed by atoms with E-state index in [9.17, 15) is 0 Å². The van der Waals surface area contributed by atoms with E-state index in [0.29, 0.717) is 24.5 Å². The molecular weight excluding hydrogens is 416 g/mol. The number of nitrogen functional groups attached to an aromatic ring is 4. The van der Waals surface area contributed by atoms with Crippen LogP contribution in [0.3, 0.4) is 0 Å². The average Bonchev–Trinajstić information content (AvgIpc) is 3.06. The molecule has 2 aromatic heterocycles. The number of aryl methyl sites for hydroxylation is 2. The number of hydrogen-bond donors (Lipinski definition) is 4. The molecule has 0 saturated carbocycles. The molecule has 2 heterocycles. The predicted octanol–water partition coefficient (Wildman–Crippen LogP) is 1.92. The van der Waals surface area contributed by atoms with E-state index in [0.717, 1.165) is 12.8 Å². The highest BCUT2D eigenvalue weighted by molar-refractivity contribution is 5.81. The molecule has 10 heteroatoms. The van der Waals surface area contributed by atoms with Crippen LogP contribution in [0.2, 0.25) is 0 Å². The van der Waals surface area contributed by atoms with Crippen LogP contribution >= 0.6 is 0 Å². The van der Waals surface area contributed by atoms with Gasteiger partial charge in [-0.05, 0) is 35.1 Å². The molecule has 33 heavy (non-hydrogen) atoms. The third-order valence-electron chi connectivity index (χ3n) is 6.16. The minimum absolute atomic E-state index is 0.120. The van der Waals surface area contributed by atoms with Gasteiger partial charge >= 0.3 is 0 Å². The molecule has 10 nitrogen and oxygen atoms in total. The van der Waals surface area contributed by atoms with Gasteiger partial charge in [-0.25, -0.2) is 0 Å². The molecule has 0 bridgehead atoms. The van der Waals surface area contributed by atoms with Crippen molar-refractivity contribution < 1.29 is 0 Å². The molecule has 2 aromatic carbocycles. The Bertz CT molecular complexity index is 1190. The molecule has 0 aliphatic heterocycles. The van der Waals surface area contributed by atoms with Gasteiger partial charge in [-0.3, -0.25) is 0 Å². The van der Waals surface area contributed by atoms with Crippen molar-refractivity contribution in [2.24, 2.45) is 0 Å². The lowest BCUT2D eigenvalue weighted by molar-refractivity contribution is 0.437. The zero-order valence-electron chi connectivity index (χ0n) is 17.9. The average molecular weight is 441 g/mol. The first-order valence-corrected chi connectivity index (χ1v) is 10.7. The number of nitrogens with two attached hydrogens (primary N) is 4. The van der Waals surface area contributed by atoms with Gasteiger partial charge in [0, 0.05) is 18.3 Å². The zero-order valence-corrected chi connectivity index (χ0v) is 17.9. The van der Waals surface area contributed by atoms with Gasteiger partial charge in [0.05, 0.1) is 0 Å². The number of anilines is 4. The predicted molar refractivity (Wildman–Crippen MR) is 127 cm³/mol. The second kappa shape index (κ2) is 7.97. The van der Waals surface area contributed by atoms with E-state index in [2.05, 4.69) is 78.4 Å². The second-order valence-electron chi connectivity index (χ2n) is 8.11. The molecule has 4 aromatic rings. The highest BCUT2D eigenvalue weighted by Gasteiger charge is 2.42. The summed E-state index contributed by atoms with van der Waals surface area (Å²) in [6, 6.07) is 16.9. The van der Waals surface area contributed by atoms with Gasteiger partial charge in [0.1, 0.15) is 11.6 Å². The van der Waals surface area contributed by atoms with Crippen LogP contribution in [-0.4, -0.2) is 29.9 Å². The molecule has 1 aliphatic carbocycles. The van der Waals surface area contributed by atoms with E-state index < -0.39 is 0 Å². The summed E-state index contributed by atoms with van der Waals surface area (Å²) in [5.74, 6) is 1.61. The molecule has 0 spiro atoms. The van der Waals surface area contributed by atoms with Crippen LogP contribution in [0.15, 0.2) is 48.5 Å². The maximum Gasteiger partial charge on any atom is 0.225 e. The molecular formula is C23H24N10. The Balaban J connectivity index is 1.58. The van der Waals surface area contributed by atoms with Crippen LogP contribution in [0.4, 0.5) is 23.8 Å². The Labute approximate surface area is 190 Å². The van der Waals surface area contributed by atoms with Gasteiger partial charge < -0.3 is 22.9 Å². The lowest BCUT2D eigenvalue weighted by atomic mass is 9.71. The summed E-state index contributed by atoms with van der Waals surface area (Å²) >= 11 is 0. The van der Waals surface area contributed by atoms with Crippen molar-refractivity contribution in [1.29, 1.82) is 0 Å². The minimum Gasteiger partial charge on any atom is -0.368 e. The number of hydrogen-bond acceptors (Lipinski definition) is 10. The number of aromatic nitrogens is 6. The fraction of sp³-hybridized carbons (Fsp3) is 0.217. The van der Waals surface area contributed by atoms with E-state index in [1.807, 2.05) is 0 Å². The molecule has 8 N–H and O–H groups in total. The van der Waals surface area contributed by atoms with Gasteiger partial charge in [0.2, 0.25) is 23.8 Å². The number of benzene rings is 2. The third-order valence-corrected chi connectivity index (χ3v) is 6.16. The Hall–Kier alpha value is -4.34. The van der Waals surface area contributed by atoms with Crippen molar-refractivity contribution in [2.75, 3.05) is 22.9 Å². The summed E-state index contributed by atoms with van der Waals surface area (Å²) in [5, 5.41) is 0. The highest BCUT2D eigenvalue weighted by Crippen LogP contribution is 2.53. The summed E-state index contributed by atoms with van der Waals surface area (Å²) in [6.07, 6.45) is 2.61. The molecule has 0 amide bonds. The number of rotatable bonds is 6. The molecule has 0 saturated heterocycles. The lowest BCUT2D eigenvalue weighted by Gasteiger charge is -2.32. The quantitative estimate of drug-likeness (QED) is 0.345. The summed E-state index contributed by atoms with van der Waals surface area (Å²) in [7, 11) is 0. The largest absolute Gasteiger partial charge is 0.368 e. The van der Waals surface area contributed by atoms with E-state index in [1.165, 1.54) is 22.3 Å². The van der Waals surface area contributed by atoms with Gasteiger partial charge in [-0.2, -0.15) is 29.9 Å². The second-order valence-corrected chi connectivity index (χ2v) is 8.11. The van der Waals surface area contributed by atoms with E-state index in [4.69, 9.17) is 22.9 Å². The lowest BCUT2D eigenvalue weighted by Crippen LogP contribution is -2.28. The normalized spacial score (nSPS) is 13.5. The summed E-state index contributed by atoms with van der Waals surface area (Å²) in [6.45, 7) is 0. The van der Waals surface area contributed by atoms with Crippen LogP contribution in [0.1, 0.15) is 35.6 Å². The van der Waals surface area contributed by atoms with E-state index in [-0.39, 0.29) is 29.2 Å². The van der Waals surface area contributed by atoms with Crippen molar-refractivity contribution in [3.63, 3.8) is 0 Å². The van der Waals surface area contributed by atoms with Crippen molar-refractivity contribution in [1.82, 2.24) is 29.9 Å². The molecule has 0 atom stereocenters. The Morgan fingerprint density at radius 2 is 0.879 bits per heavy atom. The first-order chi connectivity index (χ1) is 15.9. The topological polar surface area (TPSA) is 181 Å². The number of nitrogens with zero attached hydrogens (tertiary/aromatic N) is 6. The van der Waals surface area contributed by atoms with Crippen LogP contribution < -0.4 is 22.9 Å². The number of fused-ring (bicyclic) bond motifs is 3. The van der Waals surface area contributed by atoms with Gasteiger partial charge in [-0.1, -0.05) is 48.5 Å². The maximum absolute atomic E-state index is 5.80. The monoisotopic (exact) mass is 440 g/mol. The standard InChI is InChI=1S/C23H24N10/c24-19-28-17(29-20(25)32-19)9-11-23(12-10-18-30-21(26)33-22(27)31-18)15-7-3-1-5-13(15)14-6-2-4-8-16(14)23/h1-8H,9-12H2,(H4,24,25,28,29,32)(H4,26,27,30,31,33). The fourth-order valence-electron chi connectivity index (χ4n) is 4.87. The molecule has 0 unspecified atom stereocenters. The van der Waals surface area contributed by atoms with Crippen molar-refractivity contribution in [2.45, 2.75) is 31.1 Å². The van der Waals surface area contributed by atoms with E-state index >= 15 is 0 Å². The van der Waals surface area contributed by atoms with Crippen LogP contribution in [0, 0.1) is 0 Å². The molecule has 0 fully saturated rings. The smallest absolute Gasteiger partial charge is 0.225 e. The van der Waals surface area contributed by atoms with E-state index in [1.54, 1.807) is 0 Å². The first kappa shape index (κ1) is 20.6. The van der Waals surface area contributed by atoms with Gasteiger partial charge in [-0.15, -0.1) is 0 Å². The van der Waals surface area contributed by atoms with Crippen LogP contribution in [-0.2, 0) is 18.3 Å². The van der Waals surface area contributed by atoms with Crippen molar-refractivity contribution >= 4 is 23.8 Å². The summed E-state index contributed by atoms with van der Waals surface area (Å²) in [5.41, 5.74) is 27.8. The van der Waals surface area contributed by atoms with Gasteiger partial charge in [0.25, 0.3) is 0 Å².